The Kier molecular flexibility index (Phi) is 2.78. The molecule has 0 atom stereocenters. The Hall–Kier alpha value is -0.930. The summed E-state index contributed by atoms with van der Waals surface area (Å²) < 4.78 is 12.8. The summed E-state index contributed by atoms with van der Waals surface area (Å²) in [7, 11) is 0. The Morgan fingerprint density at radius 3 is 2.75 bits per heavy atom. The van der Waals surface area contributed by atoms with Crippen molar-refractivity contribution in [3.8, 4) is 0 Å². The maximum absolute atomic E-state index is 12.8. The smallest absolute Gasteiger partial charge is 0.142 e. The van der Waals surface area contributed by atoms with Gasteiger partial charge >= 0.3 is 0 Å². The molecule has 64 valence electrons. The normalized spacial score (nSPS) is 9.92. The van der Waals surface area contributed by atoms with E-state index in [9.17, 15) is 4.39 Å². The molecule has 1 aromatic rings. The van der Waals surface area contributed by atoms with Gasteiger partial charge in [-0.15, -0.1) is 0 Å². The van der Waals surface area contributed by atoms with E-state index < -0.39 is 5.82 Å². The first-order chi connectivity index (χ1) is 5.65. The van der Waals surface area contributed by atoms with Crippen LogP contribution in [0.15, 0.2) is 18.2 Å². The second-order valence-electron chi connectivity index (χ2n) is 2.31. The molecule has 2 nitrogen and oxygen atoms in total. The topological polar surface area (TPSA) is 49.9 Å². The molecule has 0 aromatic heterocycles. The van der Waals surface area contributed by atoms with Crippen molar-refractivity contribution >= 4 is 17.3 Å². The van der Waals surface area contributed by atoms with E-state index in [0.29, 0.717) is 5.56 Å². The molecular weight excluding hydrogens is 179 g/mol. The van der Waals surface area contributed by atoms with E-state index in [1.807, 2.05) is 0 Å². The van der Waals surface area contributed by atoms with Crippen LogP contribution in [0.5, 0.6) is 0 Å². The molecule has 3 N–H and O–H groups in total. The minimum atomic E-state index is -0.521. The lowest BCUT2D eigenvalue weighted by Crippen LogP contribution is -2.13. The van der Waals surface area contributed by atoms with Crippen molar-refractivity contribution in [1.82, 2.24) is 0 Å². The van der Waals surface area contributed by atoms with Crippen molar-refractivity contribution in [3.05, 3.63) is 34.6 Å². The zero-order valence-corrected chi connectivity index (χ0v) is 7.03. The molecule has 0 unspecified atom stereocenters. The molecule has 0 fully saturated rings. The van der Waals surface area contributed by atoms with Crippen LogP contribution >= 0.6 is 11.6 Å². The molecule has 0 heterocycles. The number of nitrogens with two attached hydrogens (primary N) is 1. The van der Waals surface area contributed by atoms with E-state index >= 15 is 0 Å². The third-order valence-electron chi connectivity index (χ3n) is 1.47. The number of hydrogen-bond donors (Lipinski definition) is 2. The standard InChI is InChI=1S/C8H8ClFN2/c9-6-2-1-5(3-7(6)10)8(12)4-11/h1-3,12H,4,11H2. The first-order valence-electron chi connectivity index (χ1n) is 3.38. The Labute approximate surface area is 74.7 Å². The van der Waals surface area contributed by atoms with Gasteiger partial charge in [0.15, 0.2) is 0 Å². The number of benzene rings is 1. The van der Waals surface area contributed by atoms with Crippen molar-refractivity contribution in [2.75, 3.05) is 6.54 Å². The summed E-state index contributed by atoms with van der Waals surface area (Å²) in [4.78, 5) is 0. The first-order valence-corrected chi connectivity index (χ1v) is 3.76. The summed E-state index contributed by atoms with van der Waals surface area (Å²) in [5, 5.41) is 7.37. The summed E-state index contributed by atoms with van der Waals surface area (Å²) >= 11 is 5.45. The van der Waals surface area contributed by atoms with Crippen molar-refractivity contribution < 1.29 is 4.39 Å². The van der Waals surface area contributed by atoms with Gasteiger partial charge in [-0.25, -0.2) is 4.39 Å². The van der Waals surface area contributed by atoms with E-state index in [4.69, 9.17) is 22.7 Å². The van der Waals surface area contributed by atoms with Crippen LogP contribution in [0, 0.1) is 11.2 Å². The van der Waals surface area contributed by atoms with Crippen LogP contribution in [0.4, 0.5) is 4.39 Å². The van der Waals surface area contributed by atoms with E-state index in [1.165, 1.54) is 12.1 Å². The fourth-order valence-corrected chi connectivity index (χ4v) is 0.919. The monoisotopic (exact) mass is 186 g/mol. The largest absolute Gasteiger partial charge is 0.325 e. The van der Waals surface area contributed by atoms with Gasteiger partial charge in [-0.1, -0.05) is 17.7 Å². The molecule has 1 aromatic carbocycles. The summed E-state index contributed by atoms with van der Waals surface area (Å²) in [6.07, 6.45) is 0. The highest BCUT2D eigenvalue weighted by Gasteiger charge is 2.03. The third-order valence-corrected chi connectivity index (χ3v) is 1.78. The molecule has 0 bridgehead atoms. The van der Waals surface area contributed by atoms with Gasteiger partial charge in [-0.3, -0.25) is 0 Å². The highest BCUT2D eigenvalue weighted by molar-refractivity contribution is 6.30. The fraction of sp³-hybridized carbons (Fsp3) is 0.125. The number of rotatable bonds is 2. The zero-order chi connectivity index (χ0) is 9.14. The Bertz CT molecular complexity index is 312. The molecule has 0 aliphatic heterocycles. The average Bonchev–Trinajstić information content (AvgIpc) is 2.08. The molecule has 0 aliphatic carbocycles. The van der Waals surface area contributed by atoms with Gasteiger partial charge in [0.1, 0.15) is 5.82 Å². The molecule has 12 heavy (non-hydrogen) atoms. The van der Waals surface area contributed by atoms with Crippen LogP contribution in [0.2, 0.25) is 5.02 Å². The fourth-order valence-electron chi connectivity index (χ4n) is 0.802. The zero-order valence-electron chi connectivity index (χ0n) is 6.27. The second-order valence-corrected chi connectivity index (χ2v) is 2.72. The van der Waals surface area contributed by atoms with Crippen LogP contribution in [0.3, 0.4) is 0 Å². The minimum absolute atomic E-state index is 0.0589. The molecule has 1 rings (SSSR count). The molecule has 0 amide bonds. The quantitative estimate of drug-likeness (QED) is 0.680. The van der Waals surface area contributed by atoms with E-state index in [0.717, 1.165) is 0 Å². The van der Waals surface area contributed by atoms with Gasteiger partial charge in [0, 0.05) is 6.54 Å². The Morgan fingerprint density at radius 1 is 1.58 bits per heavy atom. The van der Waals surface area contributed by atoms with Gasteiger partial charge in [0.05, 0.1) is 10.7 Å². The van der Waals surface area contributed by atoms with Crippen molar-refractivity contribution in [2.24, 2.45) is 5.73 Å². The van der Waals surface area contributed by atoms with Crippen LogP contribution in [-0.2, 0) is 0 Å². The van der Waals surface area contributed by atoms with E-state index in [-0.39, 0.29) is 17.3 Å². The molecular formula is C8H8ClFN2. The van der Waals surface area contributed by atoms with Gasteiger partial charge in [-0.05, 0) is 17.7 Å². The summed E-state index contributed by atoms with van der Waals surface area (Å²) in [5.41, 5.74) is 5.88. The Balaban J connectivity index is 3.05. The van der Waals surface area contributed by atoms with Crippen LogP contribution in [-0.4, -0.2) is 12.3 Å². The lowest BCUT2D eigenvalue weighted by molar-refractivity contribution is 0.628. The lowest BCUT2D eigenvalue weighted by atomic mass is 10.1. The van der Waals surface area contributed by atoms with Crippen molar-refractivity contribution in [2.45, 2.75) is 0 Å². The van der Waals surface area contributed by atoms with Crippen molar-refractivity contribution in [1.29, 1.82) is 5.41 Å². The molecule has 4 heteroatoms. The predicted octanol–water partition coefficient (Wildman–Crippen LogP) is 1.81. The average molecular weight is 187 g/mol. The van der Waals surface area contributed by atoms with Gasteiger partial charge in [0.2, 0.25) is 0 Å². The predicted molar refractivity (Wildman–Crippen MR) is 47.3 cm³/mol. The SMILES string of the molecule is N=C(CN)c1ccc(Cl)c(F)c1. The molecule has 0 aliphatic rings. The Morgan fingerprint density at radius 2 is 2.25 bits per heavy atom. The van der Waals surface area contributed by atoms with Crippen LogP contribution < -0.4 is 5.73 Å². The first kappa shape index (κ1) is 9.16. The molecule has 0 saturated carbocycles. The van der Waals surface area contributed by atoms with E-state index in [1.54, 1.807) is 6.07 Å². The van der Waals surface area contributed by atoms with Crippen LogP contribution in [0.1, 0.15) is 5.56 Å². The number of halogens is 2. The highest BCUT2D eigenvalue weighted by atomic mass is 35.5. The highest BCUT2D eigenvalue weighted by Crippen LogP contribution is 2.15. The van der Waals surface area contributed by atoms with Crippen LogP contribution in [0.25, 0.3) is 0 Å². The van der Waals surface area contributed by atoms with Gasteiger partial charge < -0.3 is 11.1 Å². The summed E-state index contributed by atoms with van der Waals surface area (Å²) in [6, 6.07) is 4.19. The van der Waals surface area contributed by atoms with Gasteiger partial charge in [0.25, 0.3) is 0 Å². The number of nitrogens with one attached hydrogen (secondary N) is 1. The summed E-state index contributed by atoms with van der Waals surface area (Å²) in [5.74, 6) is -0.521. The van der Waals surface area contributed by atoms with Gasteiger partial charge in [-0.2, -0.15) is 0 Å². The molecule has 0 radical (unpaired) electrons. The maximum atomic E-state index is 12.8. The van der Waals surface area contributed by atoms with E-state index in [2.05, 4.69) is 0 Å². The lowest BCUT2D eigenvalue weighted by Gasteiger charge is -2.01. The second kappa shape index (κ2) is 3.65. The van der Waals surface area contributed by atoms with Crippen molar-refractivity contribution in [3.63, 3.8) is 0 Å². The molecule has 0 saturated heterocycles. The third kappa shape index (κ3) is 1.81. The summed E-state index contributed by atoms with van der Waals surface area (Å²) in [6.45, 7) is 0.0983. The number of hydrogen-bond acceptors (Lipinski definition) is 2. The minimum Gasteiger partial charge on any atom is -0.325 e. The molecule has 0 spiro atoms. The maximum Gasteiger partial charge on any atom is 0.142 e.